The molecule has 0 radical (unpaired) electrons. The number of hydrogen-bond acceptors (Lipinski definition) is 2. The Morgan fingerprint density at radius 3 is 1.87 bits per heavy atom. The molecule has 0 amide bonds. The Kier molecular flexibility index (Phi) is 3.66. The van der Waals surface area contributed by atoms with Crippen LogP contribution in [0, 0.1) is 0 Å². The minimum absolute atomic E-state index is 0.0837. The molecule has 0 saturated carbocycles. The van der Waals surface area contributed by atoms with Gasteiger partial charge in [-0.25, -0.2) is 0 Å². The Morgan fingerprint density at radius 2 is 1.60 bits per heavy atom. The molecule has 0 unspecified atom stereocenters. The summed E-state index contributed by atoms with van der Waals surface area (Å²) < 4.78 is 30.5. The Hall–Kier alpha value is -0.290. The molecule has 3 nitrogen and oxygen atoms in total. The van der Waals surface area contributed by atoms with Gasteiger partial charge in [0.05, 0.1) is 4.90 Å². The fourth-order valence-electron chi connectivity index (χ4n) is 1.26. The lowest BCUT2D eigenvalue weighted by Gasteiger charge is -2.11. The molecule has 84 valence electrons. The van der Waals surface area contributed by atoms with E-state index in [0.717, 1.165) is 0 Å². The van der Waals surface area contributed by atoms with Crippen molar-refractivity contribution in [3.05, 3.63) is 27.7 Å². The average Bonchev–Trinajstić information content (AvgIpc) is 1.99. The third kappa shape index (κ3) is 2.84. The van der Waals surface area contributed by atoms with Gasteiger partial charge in [0.2, 0.25) is 0 Å². The third-order valence-electron chi connectivity index (χ3n) is 1.93. The molecule has 1 aromatic carbocycles. The highest BCUT2D eigenvalue weighted by Crippen LogP contribution is 2.33. The van der Waals surface area contributed by atoms with E-state index in [-0.39, 0.29) is 20.9 Å². The van der Waals surface area contributed by atoms with Gasteiger partial charge in [-0.15, -0.1) is 0 Å². The minimum atomic E-state index is -4.26. The number of hydrogen-bond donors (Lipinski definition) is 1. The summed E-state index contributed by atoms with van der Waals surface area (Å²) in [7, 11) is -4.26. The summed E-state index contributed by atoms with van der Waals surface area (Å²) in [6.45, 7) is 3.78. The molecule has 0 atom stereocenters. The number of rotatable bonds is 2. The molecule has 0 aliphatic rings. The molecule has 0 spiro atoms. The molecule has 6 heteroatoms. The zero-order valence-corrected chi connectivity index (χ0v) is 10.5. The Balaban J connectivity index is 3.45. The van der Waals surface area contributed by atoms with Gasteiger partial charge in [-0.05, 0) is 23.6 Å². The molecule has 0 fully saturated rings. The first-order valence-corrected chi connectivity index (χ1v) is 6.39. The van der Waals surface area contributed by atoms with Crippen LogP contribution in [0.5, 0.6) is 0 Å². The van der Waals surface area contributed by atoms with Crippen LogP contribution in [0.25, 0.3) is 0 Å². The largest absolute Gasteiger partial charge is 0.294 e. The quantitative estimate of drug-likeness (QED) is 0.837. The Bertz CT molecular complexity index is 457. The molecule has 0 saturated heterocycles. The molecule has 0 bridgehead atoms. The topological polar surface area (TPSA) is 54.4 Å². The van der Waals surface area contributed by atoms with Crippen LogP contribution in [0.1, 0.15) is 25.3 Å². The van der Waals surface area contributed by atoms with E-state index in [2.05, 4.69) is 0 Å². The van der Waals surface area contributed by atoms with Gasteiger partial charge in [-0.2, -0.15) is 8.42 Å². The maximum atomic E-state index is 10.9. The molecule has 15 heavy (non-hydrogen) atoms. The zero-order chi connectivity index (χ0) is 11.8. The summed E-state index contributed by atoms with van der Waals surface area (Å²) in [6.07, 6.45) is 0. The molecule has 1 rings (SSSR count). The first kappa shape index (κ1) is 12.8. The van der Waals surface area contributed by atoms with Crippen LogP contribution in [0.2, 0.25) is 10.0 Å². The van der Waals surface area contributed by atoms with E-state index in [1.54, 1.807) is 0 Å². The lowest BCUT2D eigenvalue weighted by Crippen LogP contribution is -2.00. The molecular weight excluding hydrogens is 259 g/mol. The van der Waals surface area contributed by atoms with E-state index < -0.39 is 10.1 Å². The van der Waals surface area contributed by atoms with Gasteiger partial charge in [-0.3, -0.25) is 4.55 Å². The van der Waals surface area contributed by atoms with E-state index in [1.165, 1.54) is 12.1 Å². The van der Waals surface area contributed by atoms with E-state index >= 15 is 0 Å². The minimum Gasteiger partial charge on any atom is -0.282 e. The monoisotopic (exact) mass is 268 g/mol. The van der Waals surface area contributed by atoms with Gasteiger partial charge in [0.15, 0.2) is 0 Å². The van der Waals surface area contributed by atoms with Crippen LogP contribution in [0.15, 0.2) is 17.0 Å². The summed E-state index contributed by atoms with van der Waals surface area (Å²) in [5.74, 6) is 0.0837. The van der Waals surface area contributed by atoms with Gasteiger partial charge in [-0.1, -0.05) is 37.0 Å². The summed E-state index contributed by atoms with van der Waals surface area (Å²) >= 11 is 11.8. The van der Waals surface area contributed by atoms with Crippen molar-refractivity contribution in [1.82, 2.24) is 0 Å². The van der Waals surface area contributed by atoms with Gasteiger partial charge >= 0.3 is 0 Å². The second kappa shape index (κ2) is 4.29. The molecule has 0 aliphatic carbocycles. The third-order valence-corrected chi connectivity index (χ3v) is 3.38. The van der Waals surface area contributed by atoms with Crippen LogP contribution in [-0.2, 0) is 10.1 Å². The first-order chi connectivity index (χ1) is 6.73. The summed E-state index contributed by atoms with van der Waals surface area (Å²) in [5, 5.41) is 0.482. The second-order valence-corrected chi connectivity index (χ2v) is 5.67. The zero-order valence-electron chi connectivity index (χ0n) is 8.16. The van der Waals surface area contributed by atoms with Gasteiger partial charge in [0.25, 0.3) is 10.1 Å². The summed E-state index contributed by atoms with van der Waals surface area (Å²) in [4.78, 5) is -0.290. The first-order valence-electron chi connectivity index (χ1n) is 4.20. The standard InChI is InChI=1S/C9H10Cl2O3S/c1-5(2)9-7(10)3-6(4-8(9)11)15(12,13)14/h3-5H,1-2H3,(H,12,13,14). The van der Waals surface area contributed by atoms with E-state index in [0.29, 0.717) is 5.56 Å². The molecule has 1 aromatic rings. The number of benzene rings is 1. The Labute approximate surface area is 98.8 Å². The van der Waals surface area contributed by atoms with Gasteiger partial charge in [0, 0.05) is 10.0 Å². The van der Waals surface area contributed by atoms with Crippen LogP contribution in [0.4, 0.5) is 0 Å². The highest BCUT2D eigenvalue weighted by atomic mass is 35.5. The molecular formula is C9H10Cl2O3S. The molecule has 0 aliphatic heterocycles. The lowest BCUT2D eigenvalue weighted by molar-refractivity contribution is 0.483. The average molecular weight is 269 g/mol. The van der Waals surface area contributed by atoms with E-state index in [4.69, 9.17) is 27.8 Å². The smallest absolute Gasteiger partial charge is 0.282 e. The summed E-state index contributed by atoms with van der Waals surface area (Å²) in [6, 6.07) is 2.39. The predicted molar refractivity (Wildman–Crippen MR) is 60.4 cm³/mol. The second-order valence-electron chi connectivity index (χ2n) is 3.43. The fourth-order valence-corrected chi connectivity index (χ4v) is 2.85. The lowest BCUT2D eigenvalue weighted by atomic mass is 10.0. The highest BCUT2D eigenvalue weighted by molar-refractivity contribution is 7.85. The van der Waals surface area contributed by atoms with Crippen molar-refractivity contribution in [2.24, 2.45) is 0 Å². The van der Waals surface area contributed by atoms with Crippen molar-refractivity contribution in [1.29, 1.82) is 0 Å². The SMILES string of the molecule is CC(C)c1c(Cl)cc(S(=O)(=O)O)cc1Cl. The van der Waals surface area contributed by atoms with Crippen molar-refractivity contribution < 1.29 is 13.0 Å². The summed E-state index contributed by atoms with van der Waals surface area (Å²) in [5.41, 5.74) is 0.672. The van der Waals surface area contributed by atoms with Crippen molar-refractivity contribution in [3.63, 3.8) is 0 Å². The highest BCUT2D eigenvalue weighted by Gasteiger charge is 2.17. The van der Waals surface area contributed by atoms with Crippen molar-refractivity contribution >= 4 is 33.3 Å². The van der Waals surface area contributed by atoms with Crippen LogP contribution in [0.3, 0.4) is 0 Å². The van der Waals surface area contributed by atoms with Gasteiger partial charge < -0.3 is 0 Å². The maximum Gasteiger partial charge on any atom is 0.294 e. The van der Waals surface area contributed by atoms with E-state index in [9.17, 15) is 8.42 Å². The normalized spacial score (nSPS) is 12.1. The fraction of sp³-hybridized carbons (Fsp3) is 0.333. The van der Waals surface area contributed by atoms with Gasteiger partial charge in [0.1, 0.15) is 0 Å². The molecule has 0 aromatic heterocycles. The maximum absolute atomic E-state index is 10.9. The van der Waals surface area contributed by atoms with Crippen molar-refractivity contribution in [2.45, 2.75) is 24.7 Å². The van der Waals surface area contributed by atoms with Crippen LogP contribution >= 0.6 is 23.2 Å². The van der Waals surface area contributed by atoms with Crippen molar-refractivity contribution in [3.8, 4) is 0 Å². The Morgan fingerprint density at radius 1 is 1.20 bits per heavy atom. The van der Waals surface area contributed by atoms with E-state index in [1.807, 2.05) is 13.8 Å². The van der Waals surface area contributed by atoms with Crippen molar-refractivity contribution in [2.75, 3.05) is 0 Å². The molecule has 1 N–H and O–H groups in total. The number of halogens is 2. The van der Waals surface area contributed by atoms with Crippen LogP contribution in [-0.4, -0.2) is 13.0 Å². The van der Waals surface area contributed by atoms with Crippen LogP contribution < -0.4 is 0 Å². The molecule has 0 heterocycles. The predicted octanol–water partition coefficient (Wildman–Crippen LogP) is 3.36.